The highest BCUT2D eigenvalue weighted by Gasteiger charge is 2.12. The van der Waals surface area contributed by atoms with Crippen LogP contribution in [0.5, 0.6) is 5.75 Å². The maximum Gasteiger partial charge on any atom is 0.275 e. The summed E-state index contributed by atoms with van der Waals surface area (Å²) in [5.41, 5.74) is 5.93. The zero-order valence-electron chi connectivity index (χ0n) is 17.3. The monoisotopic (exact) mass is 419 g/mol. The van der Waals surface area contributed by atoms with Crippen LogP contribution in [0.15, 0.2) is 102 Å². The van der Waals surface area contributed by atoms with Crippen LogP contribution in [0.3, 0.4) is 0 Å². The van der Waals surface area contributed by atoms with Crippen molar-refractivity contribution in [2.45, 2.75) is 6.54 Å². The smallest absolute Gasteiger partial charge is 0.275 e. The van der Waals surface area contributed by atoms with Crippen LogP contribution in [0.25, 0.3) is 21.7 Å². The molecule has 0 aliphatic rings. The highest BCUT2D eigenvalue weighted by atomic mass is 16.3. The summed E-state index contributed by atoms with van der Waals surface area (Å²) >= 11 is 0. The van der Waals surface area contributed by atoms with E-state index in [-0.39, 0.29) is 11.3 Å². The molecule has 4 aromatic carbocycles. The lowest BCUT2D eigenvalue weighted by Crippen LogP contribution is -2.17. The lowest BCUT2D eigenvalue weighted by Gasteiger charge is -2.05. The van der Waals surface area contributed by atoms with Gasteiger partial charge in [0.2, 0.25) is 0 Å². The van der Waals surface area contributed by atoms with Gasteiger partial charge in [-0.05, 0) is 34.5 Å². The molecule has 0 atom stereocenters. The van der Waals surface area contributed by atoms with Crippen molar-refractivity contribution in [3.8, 4) is 5.75 Å². The number of nitrogens with one attached hydrogen (secondary N) is 1. The molecule has 0 spiro atoms. The molecule has 0 saturated carbocycles. The minimum Gasteiger partial charge on any atom is -0.507 e. The number of hydrogen-bond acceptors (Lipinski definition) is 3. The van der Waals surface area contributed by atoms with Gasteiger partial charge in [0.25, 0.3) is 5.91 Å². The van der Waals surface area contributed by atoms with Crippen LogP contribution in [0.4, 0.5) is 0 Å². The quantitative estimate of drug-likeness (QED) is 0.299. The lowest BCUT2D eigenvalue weighted by atomic mass is 10.1. The summed E-state index contributed by atoms with van der Waals surface area (Å²) in [6, 6.07) is 29.2. The average molecular weight is 419 g/mol. The number of hydrazone groups is 1. The van der Waals surface area contributed by atoms with Crippen molar-refractivity contribution in [1.29, 1.82) is 0 Å². The van der Waals surface area contributed by atoms with Gasteiger partial charge in [0.05, 0.1) is 11.8 Å². The molecule has 2 N–H and O–H groups in total. The summed E-state index contributed by atoms with van der Waals surface area (Å²) in [4.78, 5) is 12.6. The SMILES string of the molecule is O=C(N/N=C/c1cn(Cc2ccccc2)c2ccccc12)c1cc2ccccc2cc1O. The number of phenolic OH excluding ortho intramolecular Hbond substituents is 1. The Morgan fingerprint density at radius 2 is 1.59 bits per heavy atom. The van der Waals surface area contributed by atoms with E-state index in [0.717, 1.165) is 33.8 Å². The second-order valence-corrected chi connectivity index (χ2v) is 7.63. The van der Waals surface area contributed by atoms with Crippen molar-refractivity contribution in [2.24, 2.45) is 5.10 Å². The van der Waals surface area contributed by atoms with Crippen LogP contribution >= 0.6 is 0 Å². The van der Waals surface area contributed by atoms with E-state index < -0.39 is 5.91 Å². The fourth-order valence-corrected chi connectivity index (χ4v) is 3.92. The first-order chi connectivity index (χ1) is 15.7. The van der Waals surface area contributed by atoms with E-state index in [2.05, 4.69) is 33.3 Å². The molecule has 0 unspecified atom stereocenters. The van der Waals surface area contributed by atoms with E-state index >= 15 is 0 Å². The van der Waals surface area contributed by atoms with Gasteiger partial charge >= 0.3 is 0 Å². The van der Waals surface area contributed by atoms with Crippen molar-refractivity contribution in [1.82, 2.24) is 9.99 Å². The van der Waals surface area contributed by atoms with Crippen LogP contribution in [-0.4, -0.2) is 21.8 Å². The summed E-state index contributed by atoms with van der Waals surface area (Å²) in [5, 5.41) is 17.2. The summed E-state index contributed by atoms with van der Waals surface area (Å²) in [7, 11) is 0. The molecule has 0 aliphatic heterocycles. The molecule has 5 rings (SSSR count). The molecule has 1 heterocycles. The van der Waals surface area contributed by atoms with Gasteiger partial charge in [-0.3, -0.25) is 4.79 Å². The third kappa shape index (κ3) is 3.84. The van der Waals surface area contributed by atoms with Crippen LogP contribution in [0, 0.1) is 0 Å². The third-order valence-corrected chi connectivity index (χ3v) is 5.49. The number of phenols is 1. The van der Waals surface area contributed by atoms with E-state index in [4.69, 9.17) is 0 Å². The summed E-state index contributed by atoms with van der Waals surface area (Å²) in [6.07, 6.45) is 3.67. The highest BCUT2D eigenvalue weighted by Crippen LogP contribution is 2.25. The van der Waals surface area contributed by atoms with Crippen LogP contribution in [-0.2, 0) is 6.54 Å². The molecular formula is C27H21N3O2. The Kier molecular flexibility index (Phi) is 5.14. The number of amides is 1. The number of nitrogens with zero attached hydrogens (tertiary/aromatic N) is 2. The largest absolute Gasteiger partial charge is 0.507 e. The minimum absolute atomic E-state index is 0.0733. The molecule has 156 valence electrons. The standard InChI is InChI=1S/C27H21N3O2/c31-26-15-21-11-5-4-10-20(21)14-24(26)27(32)29-28-16-22-18-30(17-19-8-2-1-3-9-19)25-13-7-6-12-23(22)25/h1-16,18,31H,17H2,(H,29,32)/b28-16+. The zero-order chi connectivity index (χ0) is 21.9. The number of carbonyl (C=O) groups is 1. The molecule has 1 aromatic heterocycles. The van der Waals surface area contributed by atoms with Gasteiger partial charge in [-0.15, -0.1) is 0 Å². The van der Waals surface area contributed by atoms with Gasteiger partial charge in [-0.1, -0.05) is 72.8 Å². The molecule has 0 radical (unpaired) electrons. The van der Waals surface area contributed by atoms with E-state index in [1.807, 2.05) is 66.9 Å². The Balaban J connectivity index is 1.39. The van der Waals surface area contributed by atoms with E-state index in [9.17, 15) is 9.90 Å². The first kappa shape index (κ1) is 19.6. The normalized spacial score (nSPS) is 11.4. The molecule has 32 heavy (non-hydrogen) atoms. The zero-order valence-corrected chi connectivity index (χ0v) is 17.3. The summed E-state index contributed by atoms with van der Waals surface area (Å²) < 4.78 is 2.17. The van der Waals surface area contributed by atoms with Crippen LogP contribution in [0.2, 0.25) is 0 Å². The first-order valence-electron chi connectivity index (χ1n) is 10.4. The number of para-hydroxylation sites is 1. The third-order valence-electron chi connectivity index (χ3n) is 5.49. The number of fused-ring (bicyclic) bond motifs is 2. The number of hydrogen-bond donors (Lipinski definition) is 2. The van der Waals surface area contributed by atoms with Gasteiger partial charge in [0.1, 0.15) is 5.75 Å². The predicted octanol–water partition coefficient (Wildman–Crippen LogP) is 5.31. The van der Waals surface area contributed by atoms with E-state index in [0.29, 0.717) is 0 Å². The Morgan fingerprint density at radius 1 is 0.906 bits per heavy atom. The number of rotatable bonds is 5. The van der Waals surface area contributed by atoms with Gasteiger partial charge in [-0.2, -0.15) is 5.10 Å². The molecular weight excluding hydrogens is 398 g/mol. The van der Waals surface area contributed by atoms with Crippen molar-refractivity contribution in [3.63, 3.8) is 0 Å². The van der Waals surface area contributed by atoms with Crippen molar-refractivity contribution in [2.75, 3.05) is 0 Å². The van der Waals surface area contributed by atoms with Crippen LogP contribution < -0.4 is 5.43 Å². The van der Waals surface area contributed by atoms with Gasteiger partial charge in [0.15, 0.2) is 0 Å². The minimum atomic E-state index is -0.461. The Bertz CT molecular complexity index is 1450. The second kappa shape index (κ2) is 8.40. The summed E-state index contributed by atoms with van der Waals surface area (Å²) in [6.45, 7) is 0.743. The molecule has 5 nitrogen and oxygen atoms in total. The average Bonchev–Trinajstić information content (AvgIpc) is 3.16. The fourth-order valence-electron chi connectivity index (χ4n) is 3.92. The van der Waals surface area contributed by atoms with Crippen molar-refractivity contribution >= 4 is 33.8 Å². The fraction of sp³-hybridized carbons (Fsp3) is 0.0370. The topological polar surface area (TPSA) is 66.6 Å². The first-order valence-corrected chi connectivity index (χ1v) is 10.4. The molecule has 0 saturated heterocycles. The Hall–Kier alpha value is -4.38. The number of aromatic hydroxyl groups is 1. The molecule has 0 bridgehead atoms. The molecule has 1 amide bonds. The van der Waals surface area contributed by atoms with Crippen molar-refractivity contribution in [3.05, 3.63) is 114 Å². The molecule has 0 aliphatic carbocycles. The number of benzene rings is 4. The molecule has 5 aromatic rings. The predicted molar refractivity (Wildman–Crippen MR) is 128 cm³/mol. The van der Waals surface area contributed by atoms with Crippen LogP contribution in [0.1, 0.15) is 21.5 Å². The maximum absolute atomic E-state index is 12.6. The maximum atomic E-state index is 12.6. The van der Waals surface area contributed by atoms with E-state index in [1.165, 1.54) is 5.56 Å². The van der Waals surface area contributed by atoms with Gasteiger partial charge < -0.3 is 9.67 Å². The molecule has 5 heteroatoms. The van der Waals surface area contributed by atoms with Crippen molar-refractivity contribution < 1.29 is 9.90 Å². The number of carbonyl (C=O) groups excluding carboxylic acids is 1. The van der Waals surface area contributed by atoms with E-state index in [1.54, 1.807) is 18.3 Å². The second-order valence-electron chi connectivity index (χ2n) is 7.63. The lowest BCUT2D eigenvalue weighted by molar-refractivity contribution is 0.0952. The van der Waals surface area contributed by atoms with Gasteiger partial charge in [0, 0.05) is 29.2 Å². The molecule has 0 fully saturated rings. The number of aromatic nitrogens is 1. The summed E-state index contributed by atoms with van der Waals surface area (Å²) in [5.74, 6) is -0.534. The Morgan fingerprint density at radius 3 is 2.41 bits per heavy atom. The van der Waals surface area contributed by atoms with Gasteiger partial charge in [-0.25, -0.2) is 5.43 Å². The highest BCUT2D eigenvalue weighted by molar-refractivity contribution is 6.03. The Labute approximate surface area is 185 Å².